The lowest BCUT2D eigenvalue weighted by Crippen LogP contribution is -2.23. The van der Waals surface area contributed by atoms with Gasteiger partial charge in [0.1, 0.15) is 12.8 Å². The van der Waals surface area contributed by atoms with Crippen LogP contribution in [0.5, 0.6) is 0 Å². The molecule has 0 spiro atoms. The molecule has 0 aromatic heterocycles. The van der Waals surface area contributed by atoms with Crippen LogP contribution in [-0.4, -0.2) is 17.4 Å². The topological polar surface area (TPSA) is 20.2 Å². The van der Waals surface area contributed by atoms with Crippen molar-refractivity contribution in [2.45, 2.75) is 12.5 Å². The van der Waals surface area contributed by atoms with Gasteiger partial charge in [-0.15, -0.1) is 4.39 Å². The summed E-state index contributed by atoms with van der Waals surface area (Å²) in [5.74, 6) is 1.64. The maximum Gasteiger partial charge on any atom is 0.153 e. The first-order chi connectivity index (χ1) is 3.62. The van der Waals surface area contributed by atoms with Gasteiger partial charge in [0.2, 0.25) is 0 Å². The molecule has 0 aromatic carbocycles. The summed E-state index contributed by atoms with van der Waals surface area (Å²) in [6.45, 7) is 0.0451. The smallest absolute Gasteiger partial charge is 0.153 e. The van der Waals surface area contributed by atoms with Crippen molar-refractivity contribution in [3.05, 3.63) is 0 Å². The van der Waals surface area contributed by atoms with Crippen LogP contribution in [-0.2, 0) is 0 Å². The van der Waals surface area contributed by atoms with E-state index in [1.165, 1.54) is 0 Å². The van der Waals surface area contributed by atoms with Gasteiger partial charge >= 0.3 is 0 Å². The molecular formula is C5H6F2O. The predicted molar refractivity (Wildman–Crippen MR) is 25.5 cm³/mol. The molecule has 1 nitrogen and oxygen atoms in total. The highest BCUT2D eigenvalue weighted by Gasteiger charge is 2.15. The summed E-state index contributed by atoms with van der Waals surface area (Å²) in [6, 6.07) is 0. The summed E-state index contributed by atoms with van der Waals surface area (Å²) < 4.78 is 22.4. The van der Waals surface area contributed by atoms with Gasteiger partial charge in [0.05, 0.1) is 0 Å². The Morgan fingerprint density at radius 2 is 2.25 bits per heavy atom. The maximum atomic E-state index is 11.4. The lowest BCUT2D eigenvalue weighted by Gasteiger charge is -2.07. The van der Waals surface area contributed by atoms with E-state index < -0.39 is 12.3 Å². The van der Waals surface area contributed by atoms with Gasteiger partial charge in [0.25, 0.3) is 0 Å². The Morgan fingerprint density at radius 3 is 2.38 bits per heavy atom. The Kier molecular flexibility index (Phi) is 2.43. The van der Waals surface area contributed by atoms with Crippen LogP contribution in [0.25, 0.3) is 0 Å². The van der Waals surface area contributed by atoms with E-state index >= 15 is 0 Å². The lowest BCUT2D eigenvalue weighted by atomic mass is 10.1. The molecule has 46 valence electrons. The average molecular weight is 120 g/mol. The van der Waals surface area contributed by atoms with Crippen LogP contribution in [0.4, 0.5) is 8.78 Å². The second-order valence-electron chi connectivity index (χ2n) is 1.63. The van der Waals surface area contributed by atoms with Crippen molar-refractivity contribution in [3.63, 3.8) is 0 Å². The van der Waals surface area contributed by atoms with Crippen molar-refractivity contribution in [3.8, 4) is 12.1 Å². The molecule has 0 aliphatic heterocycles. The number of hydrogen-bond donors (Lipinski definition) is 1. The molecule has 0 rings (SSSR count). The van der Waals surface area contributed by atoms with Crippen LogP contribution < -0.4 is 0 Å². The van der Waals surface area contributed by atoms with E-state index in [2.05, 4.69) is 0 Å². The predicted octanol–water partition coefficient (Wildman–Crippen LogP) is 0.637. The standard InChI is InChI=1S/C5H6F2O/c1-5(8,4-7)2-3-6/h8H,4H2,1H3. The van der Waals surface area contributed by atoms with E-state index in [4.69, 9.17) is 5.11 Å². The third kappa shape index (κ3) is 2.54. The van der Waals surface area contributed by atoms with Crippen LogP contribution in [0.1, 0.15) is 6.92 Å². The van der Waals surface area contributed by atoms with E-state index in [1.54, 1.807) is 5.92 Å². The van der Waals surface area contributed by atoms with E-state index in [-0.39, 0.29) is 0 Å². The Labute approximate surface area is 46.3 Å². The molecule has 0 saturated carbocycles. The zero-order valence-corrected chi connectivity index (χ0v) is 4.41. The van der Waals surface area contributed by atoms with Crippen molar-refractivity contribution in [2.24, 2.45) is 0 Å². The van der Waals surface area contributed by atoms with Gasteiger partial charge in [-0.05, 0) is 12.8 Å². The molecule has 8 heavy (non-hydrogen) atoms. The molecule has 0 aliphatic rings. The van der Waals surface area contributed by atoms with Crippen LogP contribution in [0, 0.1) is 12.1 Å². The number of halogens is 2. The van der Waals surface area contributed by atoms with Gasteiger partial charge < -0.3 is 5.11 Å². The minimum atomic E-state index is -1.81. The Balaban J connectivity index is 3.85. The van der Waals surface area contributed by atoms with Crippen molar-refractivity contribution in [2.75, 3.05) is 6.67 Å². The number of rotatable bonds is 1. The molecule has 1 N–H and O–H groups in total. The van der Waals surface area contributed by atoms with Gasteiger partial charge in [0, 0.05) is 0 Å². The minimum absolute atomic E-state index is 0.919. The number of aliphatic hydroxyl groups is 1. The van der Waals surface area contributed by atoms with Crippen molar-refractivity contribution >= 4 is 0 Å². The maximum absolute atomic E-state index is 11.4. The molecule has 1 unspecified atom stereocenters. The third-order valence-corrected chi connectivity index (χ3v) is 0.577. The molecule has 0 bridgehead atoms. The highest BCUT2D eigenvalue weighted by atomic mass is 19.1. The zero-order chi connectivity index (χ0) is 6.62. The van der Waals surface area contributed by atoms with E-state index in [0.717, 1.165) is 13.1 Å². The summed E-state index contributed by atoms with van der Waals surface area (Å²) in [7, 11) is 0. The van der Waals surface area contributed by atoms with E-state index in [1.807, 2.05) is 0 Å². The van der Waals surface area contributed by atoms with Gasteiger partial charge in [-0.25, -0.2) is 4.39 Å². The fourth-order valence-corrected chi connectivity index (χ4v) is 0.135. The Morgan fingerprint density at radius 1 is 1.75 bits per heavy atom. The highest BCUT2D eigenvalue weighted by Crippen LogP contribution is 1.99. The second kappa shape index (κ2) is 2.63. The molecule has 1 atom stereocenters. The zero-order valence-electron chi connectivity index (χ0n) is 4.41. The molecular weight excluding hydrogens is 114 g/mol. The van der Waals surface area contributed by atoms with Crippen molar-refractivity contribution in [1.29, 1.82) is 0 Å². The summed E-state index contributed by atoms with van der Waals surface area (Å²) >= 11 is 0. The van der Waals surface area contributed by atoms with Crippen molar-refractivity contribution < 1.29 is 13.9 Å². The molecule has 0 heterocycles. The molecule has 0 saturated heterocycles. The number of alkyl halides is 1. The fourth-order valence-electron chi connectivity index (χ4n) is 0.135. The summed E-state index contributed by atoms with van der Waals surface area (Å²) in [5, 5.41) is 8.53. The number of hydrogen-bond acceptors (Lipinski definition) is 1. The molecule has 3 heteroatoms. The van der Waals surface area contributed by atoms with Crippen LogP contribution in [0.2, 0.25) is 0 Å². The second-order valence-corrected chi connectivity index (χ2v) is 1.63. The molecule has 0 fully saturated rings. The van der Waals surface area contributed by atoms with Crippen LogP contribution >= 0.6 is 0 Å². The quantitative estimate of drug-likeness (QED) is 0.503. The molecule has 0 aliphatic carbocycles. The van der Waals surface area contributed by atoms with Crippen LogP contribution in [0.3, 0.4) is 0 Å². The lowest BCUT2D eigenvalue weighted by molar-refractivity contribution is 0.0901. The van der Waals surface area contributed by atoms with Crippen molar-refractivity contribution in [1.82, 2.24) is 0 Å². The third-order valence-electron chi connectivity index (χ3n) is 0.577. The normalized spacial score (nSPS) is 16.0. The first-order valence-electron chi connectivity index (χ1n) is 2.03. The SMILES string of the molecule is CC(O)(C#CF)CF. The highest BCUT2D eigenvalue weighted by molar-refractivity contribution is 5.07. The minimum Gasteiger partial charge on any atom is -0.375 e. The summed E-state index contributed by atoms with van der Waals surface area (Å²) in [4.78, 5) is 0. The summed E-state index contributed by atoms with van der Waals surface area (Å²) in [5.41, 5.74) is -1.81. The molecule has 0 amide bonds. The van der Waals surface area contributed by atoms with E-state index in [0.29, 0.717) is 0 Å². The van der Waals surface area contributed by atoms with Gasteiger partial charge in [-0.1, -0.05) is 0 Å². The monoisotopic (exact) mass is 120 g/mol. The fraction of sp³-hybridized carbons (Fsp3) is 0.600. The Hall–Kier alpha value is -0.620. The summed E-state index contributed by atoms with van der Waals surface area (Å²) in [6.07, 6.45) is 0.919. The largest absolute Gasteiger partial charge is 0.375 e. The van der Waals surface area contributed by atoms with Gasteiger partial charge in [-0.3, -0.25) is 0 Å². The first kappa shape index (κ1) is 7.38. The average Bonchev–Trinajstić information content (AvgIpc) is 1.67. The molecule has 0 aromatic rings. The first-order valence-corrected chi connectivity index (χ1v) is 2.03. The Bertz CT molecular complexity index is 120. The molecule has 0 radical (unpaired) electrons. The van der Waals surface area contributed by atoms with E-state index in [9.17, 15) is 8.78 Å². The van der Waals surface area contributed by atoms with Crippen LogP contribution in [0.15, 0.2) is 0 Å². The van der Waals surface area contributed by atoms with Gasteiger partial charge in [-0.2, -0.15) is 0 Å². The van der Waals surface area contributed by atoms with Gasteiger partial charge in [0.15, 0.2) is 5.60 Å².